The van der Waals surface area contributed by atoms with E-state index in [4.69, 9.17) is 17.3 Å². The van der Waals surface area contributed by atoms with E-state index in [1.807, 2.05) is 44.1 Å². The summed E-state index contributed by atoms with van der Waals surface area (Å²) in [4.78, 5) is 2.04. The van der Waals surface area contributed by atoms with Gasteiger partial charge in [0.25, 0.3) is 0 Å². The van der Waals surface area contributed by atoms with Crippen LogP contribution in [0.4, 0.5) is 11.4 Å². The maximum atomic E-state index is 5.96. The number of hydrogen-bond donors (Lipinski definition) is 2. The summed E-state index contributed by atoms with van der Waals surface area (Å²) in [5.74, 6) is 0. The fourth-order valence-corrected chi connectivity index (χ4v) is 1.51. The maximum Gasteiger partial charge on any atom is 0.0597 e. The molecule has 0 fully saturated rings. The Bertz CT molecular complexity index is 326. The normalized spacial score (nSPS) is 12.3. The Kier molecular flexibility index (Phi) is 4.24. The van der Waals surface area contributed by atoms with Crippen molar-refractivity contribution in [3.8, 4) is 0 Å². The zero-order chi connectivity index (χ0) is 11.4. The van der Waals surface area contributed by atoms with E-state index in [1.54, 1.807) is 0 Å². The molecule has 0 aliphatic rings. The van der Waals surface area contributed by atoms with Crippen molar-refractivity contribution in [1.82, 2.24) is 0 Å². The first-order valence-electron chi connectivity index (χ1n) is 4.98. The first-order chi connectivity index (χ1) is 7.04. The Labute approximate surface area is 96.2 Å². The van der Waals surface area contributed by atoms with Crippen LogP contribution in [0.5, 0.6) is 0 Å². The lowest BCUT2D eigenvalue weighted by Gasteiger charge is -2.21. The molecule has 0 aromatic heterocycles. The van der Waals surface area contributed by atoms with E-state index in [0.717, 1.165) is 16.4 Å². The van der Waals surface area contributed by atoms with Crippen LogP contribution in [-0.4, -0.2) is 26.7 Å². The SMILES string of the molecule is CC(CN)Nc1cc(Cl)ccc1N(C)C. The summed E-state index contributed by atoms with van der Waals surface area (Å²) in [6, 6.07) is 6.04. The van der Waals surface area contributed by atoms with Crippen molar-refractivity contribution in [3.63, 3.8) is 0 Å². The fraction of sp³-hybridized carbons (Fsp3) is 0.455. The molecular formula is C11H18ClN3. The van der Waals surface area contributed by atoms with Gasteiger partial charge in [0.15, 0.2) is 0 Å². The van der Waals surface area contributed by atoms with E-state index in [9.17, 15) is 0 Å². The molecule has 84 valence electrons. The molecule has 3 N–H and O–H groups in total. The van der Waals surface area contributed by atoms with Gasteiger partial charge in [0.2, 0.25) is 0 Å². The van der Waals surface area contributed by atoms with Crippen LogP contribution in [0.3, 0.4) is 0 Å². The second-order valence-electron chi connectivity index (χ2n) is 3.84. The second kappa shape index (κ2) is 5.24. The molecule has 1 aromatic carbocycles. The number of nitrogens with one attached hydrogen (secondary N) is 1. The number of nitrogens with zero attached hydrogens (tertiary/aromatic N) is 1. The minimum atomic E-state index is 0.238. The lowest BCUT2D eigenvalue weighted by molar-refractivity contribution is 0.803. The van der Waals surface area contributed by atoms with Gasteiger partial charge in [-0.3, -0.25) is 0 Å². The molecule has 0 spiro atoms. The Balaban J connectivity index is 2.96. The summed E-state index contributed by atoms with van der Waals surface area (Å²) in [5.41, 5.74) is 7.70. The summed E-state index contributed by atoms with van der Waals surface area (Å²) in [6.45, 7) is 2.64. The van der Waals surface area contributed by atoms with Gasteiger partial charge in [-0.1, -0.05) is 11.6 Å². The molecule has 4 heteroatoms. The van der Waals surface area contributed by atoms with Crippen molar-refractivity contribution in [2.24, 2.45) is 5.73 Å². The average Bonchev–Trinajstić information content (AvgIpc) is 2.17. The minimum Gasteiger partial charge on any atom is -0.380 e. The van der Waals surface area contributed by atoms with Crippen molar-refractivity contribution in [1.29, 1.82) is 0 Å². The molecule has 0 radical (unpaired) electrons. The van der Waals surface area contributed by atoms with Gasteiger partial charge in [-0.15, -0.1) is 0 Å². The number of hydrogen-bond acceptors (Lipinski definition) is 3. The van der Waals surface area contributed by atoms with Crippen LogP contribution in [-0.2, 0) is 0 Å². The molecule has 0 bridgehead atoms. The third-order valence-corrected chi connectivity index (χ3v) is 2.43. The Hall–Kier alpha value is -0.930. The summed E-state index contributed by atoms with van der Waals surface area (Å²) < 4.78 is 0. The minimum absolute atomic E-state index is 0.238. The van der Waals surface area contributed by atoms with E-state index in [-0.39, 0.29) is 6.04 Å². The first-order valence-corrected chi connectivity index (χ1v) is 5.36. The van der Waals surface area contributed by atoms with E-state index in [2.05, 4.69) is 5.32 Å². The quantitative estimate of drug-likeness (QED) is 0.829. The average molecular weight is 228 g/mol. The molecular weight excluding hydrogens is 210 g/mol. The zero-order valence-corrected chi connectivity index (χ0v) is 10.2. The van der Waals surface area contributed by atoms with Crippen molar-refractivity contribution in [2.45, 2.75) is 13.0 Å². The van der Waals surface area contributed by atoms with Gasteiger partial charge in [-0.05, 0) is 25.1 Å². The second-order valence-corrected chi connectivity index (χ2v) is 4.27. The molecule has 1 aromatic rings. The Morgan fingerprint density at radius 1 is 1.47 bits per heavy atom. The first kappa shape index (κ1) is 12.1. The highest BCUT2D eigenvalue weighted by atomic mass is 35.5. The standard InChI is InChI=1S/C11H18ClN3/c1-8(7-13)14-10-6-9(12)4-5-11(10)15(2)3/h4-6,8,14H,7,13H2,1-3H3. The Morgan fingerprint density at radius 3 is 2.67 bits per heavy atom. The van der Waals surface area contributed by atoms with Crippen LogP contribution in [0.25, 0.3) is 0 Å². The predicted octanol–water partition coefficient (Wildman–Crippen LogP) is 2.17. The molecule has 3 nitrogen and oxygen atoms in total. The lowest BCUT2D eigenvalue weighted by Crippen LogP contribution is -2.26. The number of anilines is 2. The molecule has 0 saturated heterocycles. The third kappa shape index (κ3) is 3.29. The third-order valence-electron chi connectivity index (χ3n) is 2.20. The van der Waals surface area contributed by atoms with E-state index >= 15 is 0 Å². The van der Waals surface area contributed by atoms with Crippen molar-refractivity contribution in [2.75, 3.05) is 30.9 Å². The van der Waals surface area contributed by atoms with Crippen LogP contribution in [0.15, 0.2) is 18.2 Å². The lowest BCUT2D eigenvalue weighted by atomic mass is 10.2. The molecule has 0 amide bonds. The van der Waals surface area contributed by atoms with Gasteiger partial charge in [-0.25, -0.2) is 0 Å². The predicted molar refractivity (Wildman–Crippen MR) is 67.9 cm³/mol. The zero-order valence-electron chi connectivity index (χ0n) is 9.42. The van der Waals surface area contributed by atoms with Crippen LogP contribution in [0.1, 0.15) is 6.92 Å². The summed E-state index contributed by atoms with van der Waals surface area (Å²) in [6.07, 6.45) is 0. The van der Waals surface area contributed by atoms with Gasteiger partial charge >= 0.3 is 0 Å². The molecule has 15 heavy (non-hydrogen) atoms. The summed E-state index contributed by atoms with van der Waals surface area (Å²) in [7, 11) is 4.00. The number of rotatable bonds is 4. The van der Waals surface area contributed by atoms with Crippen molar-refractivity contribution in [3.05, 3.63) is 23.2 Å². The molecule has 0 saturated carbocycles. The number of benzene rings is 1. The van der Waals surface area contributed by atoms with Gasteiger partial charge in [0.05, 0.1) is 11.4 Å². The summed E-state index contributed by atoms with van der Waals surface area (Å²) in [5, 5.41) is 4.06. The van der Waals surface area contributed by atoms with Gasteiger partial charge in [0.1, 0.15) is 0 Å². The van der Waals surface area contributed by atoms with Crippen LogP contribution in [0.2, 0.25) is 5.02 Å². The largest absolute Gasteiger partial charge is 0.380 e. The molecule has 1 unspecified atom stereocenters. The van der Waals surface area contributed by atoms with Gasteiger partial charge < -0.3 is 16.0 Å². The molecule has 1 rings (SSSR count). The molecule has 1 atom stereocenters. The number of halogens is 1. The van der Waals surface area contributed by atoms with Crippen molar-refractivity contribution >= 4 is 23.0 Å². The molecule has 0 heterocycles. The highest BCUT2D eigenvalue weighted by Gasteiger charge is 2.07. The topological polar surface area (TPSA) is 41.3 Å². The van der Waals surface area contributed by atoms with Crippen LogP contribution in [0, 0.1) is 0 Å². The monoisotopic (exact) mass is 227 g/mol. The number of nitrogens with two attached hydrogens (primary N) is 1. The van der Waals surface area contributed by atoms with Crippen molar-refractivity contribution < 1.29 is 0 Å². The molecule has 0 aliphatic heterocycles. The highest BCUT2D eigenvalue weighted by molar-refractivity contribution is 6.31. The smallest absolute Gasteiger partial charge is 0.0597 e. The summed E-state index contributed by atoms with van der Waals surface area (Å²) >= 11 is 5.96. The van der Waals surface area contributed by atoms with Crippen LogP contribution >= 0.6 is 11.6 Å². The van der Waals surface area contributed by atoms with Gasteiger partial charge in [0, 0.05) is 31.7 Å². The van der Waals surface area contributed by atoms with E-state index in [0.29, 0.717) is 6.54 Å². The highest BCUT2D eigenvalue weighted by Crippen LogP contribution is 2.28. The maximum absolute atomic E-state index is 5.96. The Morgan fingerprint density at radius 2 is 2.13 bits per heavy atom. The fourth-order valence-electron chi connectivity index (χ4n) is 1.34. The van der Waals surface area contributed by atoms with E-state index < -0.39 is 0 Å². The molecule has 0 aliphatic carbocycles. The van der Waals surface area contributed by atoms with Gasteiger partial charge in [-0.2, -0.15) is 0 Å². The van der Waals surface area contributed by atoms with Crippen LogP contribution < -0.4 is 16.0 Å². The van der Waals surface area contributed by atoms with E-state index in [1.165, 1.54) is 0 Å².